The number of likely N-dealkylation sites (tertiary alicyclic amines) is 1. The minimum atomic E-state index is -0.0681. The Bertz CT molecular complexity index is 906. The van der Waals surface area contributed by atoms with E-state index in [9.17, 15) is 4.79 Å². The van der Waals surface area contributed by atoms with Gasteiger partial charge in [-0.25, -0.2) is 9.36 Å². The van der Waals surface area contributed by atoms with Crippen LogP contribution in [0.2, 0.25) is 0 Å². The predicted octanol–water partition coefficient (Wildman–Crippen LogP) is 1.64. The number of aryl methyl sites for hydroxylation is 1. The fraction of sp³-hybridized carbons (Fsp3) is 0.444. The minimum Gasteiger partial charge on any atom is -0.361 e. The average molecular weight is 354 g/mol. The van der Waals surface area contributed by atoms with Crippen molar-refractivity contribution < 1.29 is 4.52 Å². The van der Waals surface area contributed by atoms with E-state index < -0.39 is 0 Å². The van der Waals surface area contributed by atoms with Gasteiger partial charge in [-0.3, -0.25) is 9.69 Å². The maximum Gasteiger partial charge on any atom is 0.266 e. The van der Waals surface area contributed by atoms with E-state index in [4.69, 9.17) is 4.52 Å². The summed E-state index contributed by atoms with van der Waals surface area (Å²) < 4.78 is 8.36. The molecule has 1 fully saturated rings. The molecular weight excluding hydrogens is 332 g/mol. The zero-order chi connectivity index (χ0) is 17.9. The molecule has 0 unspecified atom stereocenters. The van der Waals surface area contributed by atoms with Gasteiger partial charge in [0.1, 0.15) is 5.76 Å². The summed E-state index contributed by atoms with van der Waals surface area (Å²) in [7, 11) is 0. The highest BCUT2D eigenvalue weighted by molar-refractivity contribution is 5.17. The molecule has 26 heavy (non-hydrogen) atoms. The first-order valence-electron chi connectivity index (χ1n) is 8.90. The third kappa shape index (κ3) is 3.75. The Morgan fingerprint density at radius 1 is 1.27 bits per heavy atom. The lowest BCUT2D eigenvalue weighted by atomic mass is 9.96. The van der Waals surface area contributed by atoms with Crippen LogP contribution in [0, 0.1) is 12.8 Å². The Hall–Kier alpha value is -2.74. The molecule has 4 rings (SSSR count). The summed E-state index contributed by atoms with van der Waals surface area (Å²) >= 11 is 0. The molecule has 3 aromatic rings. The summed E-state index contributed by atoms with van der Waals surface area (Å²) in [5.41, 5.74) is 0.909. The molecule has 0 radical (unpaired) electrons. The van der Waals surface area contributed by atoms with E-state index >= 15 is 0 Å². The van der Waals surface area contributed by atoms with Gasteiger partial charge in [-0.05, 0) is 50.9 Å². The second-order valence-corrected chi connectivity index (χ2v) is 6.81. The normalized spacial score (nSPS) is 16.2. The summed E-state index contributed by atoms with van der Waals surface area (Å²) in [4.78, 5) is 14.5. The van der Waals surface area contributed by atoms with Crippen molar-refractivity contribution in [2.45, 2.75) is 32.9 Å². The Kier molecular flexibility index (Phi) is 4.66. The van der Waals surface area contributed by atoms with Crippen LogP contribution in [0.4, 0.5) is 0 Å². The van der Waals surface area contributed by atoms with E-state index in [2.05, 4.69) is 20.3 Å². The number of rotatable bonds is 5. The van der Waals surface area contributed by atoms with Crippen molar-refractivity contribution in [1.82, 2.24) is 29.6 Å². The molecule has 0 aromatic carbocycles. The Morgan fingerprint density at radius 2 is 2.12 bits per heavy atom. The number of hydrogen-bond donors (Lipinski definition) is 0. The van der Waals surface area contributed by atoms with Gasteiger partial charge in [0, 0.05) is 37.6 Å². The third-order valence-electron chi connectivity index (χ3n) is 4.79. The van der Waals surface area contributed by atoms with E-state index in [-0.39, 0.29) is 5.56 Å². The fourth-order valence-corrected chi connectivity index (χ4v) is 3.39. The quantitative estimate of drug-likeness (QED) is 0.693. The molecule has 0 bridgehead atoms. The Labute approximate surface area is 151 Å². The average Bonchev–Trinajstić information content (AvgIpc) is 3.31. The van der Waals surface area contributed by atoms with Crippen molar-refractivity contribution >= 4 is 0 Å². The van der Waals surface area contributed by atoms with Crippen LogP contribution in [-0.4, -0.2) is 42.7 Å². The van der Waals surface area contributed by atoms with Crippen LogP contribution in [0.15, 0.2) is 46.0 Å². The molecule has 3 aromatic heterocycles. The summed E-state index contributed by atoms with van der Waals surface area (Å²) in [6.07, 6.45) is 5.60. The Balaban J connectivity index is 1.37. The molecule has 8 nitrogen and oxygen atoms in total. The Morgan fingerprint density at radius 3 is 2.81 bits per heavy atom. The van der Waals surface area contributed by atoms with Gasteiger partial charge >= 0.3 is 0 Å². The van der Waals surface area contributed by atoms with Gasteiger partial charge < -0.3 is 4.52 Å². The van der Waals surface area contributed by atoms with Gasteiger partial charge in [0.05, 0.1) is 5.69 Å². The molecule has 1 aliphatic heterocycles. The molecule has 8 heteroatoms. The van der Waals surface area contributed by atoms with Gasteiger partial charge in [0.15, 0.2) is 5.82 Å². The molecule has 1 aliphatic rings. The van der Waals surface area contributed by atoms with E-state index in [1.54, 1.807) is 27.7 Å². The molecule has 0 spiro atoms. The van der Waals surface area contributed by atoms with Crippen LogP contribution in [0.5, 0.6) is 0 Å². The molecule has 4 heterocycles. The molecule has 1 saturated heterocycles. The number of nitrogens with zero attached hydrogens (tertiary/aromatic N) is 6. The van der Waals surface area contributed by atoms with E-state index in [0.29, 0.717) is 18.3 Å². The zero-order valence-electron chi connectivity index (χ0n) is 14.8. The van der Waals surface area contributed by atoms with Crippen LogP contribution < -0.4 is 5.56 Å². The fourth-order valence-electron chi connectivity index (χ4n) is 3.39. The van der Waals surface area contributed by atoms with Crippen LogP contribution in [-0.2, 0) is 13.1 Å². The van der Waals surface area contributed by atoms with Crippen molar-refractivity contribution in [3.05, 3.63) is 58.5 Å². The van der Waals surface area contributed by atoms with Crippen molar-refractivity contribution in [3.63, 3.8) is 0 Å². The summed E-state index contributed by atoms with van der Waals surface area (Å²) in [5.74, 6) is 1.95. The molecule has 0 N–H and O–H groups in total. The third-order valence-corrected chi connectivity index (χ3v) is 4.79. The summed E-state index contributed by atoms with van der Waals surface area (Å²) in [6, 6.07) is 7.08. The lowest BCUT2D eigenvalue weighted by Crippen LogP contribution is -2.36. The van der Waals surface area contributed by atoms with Crippen LogP contribution in [0.25, 0.3) is 5.82 Å². The van der Waals surface area contributed by atoms with Crippen molar-refractivity contribution in [2.75, 3.05) is 13.1 Å². The van der Waals surface area contributed by atoms with Crippen LogP contribution in [0.1, 0.15) is 24.3 Å². The van der Waals surface area contributed by atoms with Gasteiger partial charge in [-0.1, -0.05) is 5.16 Å². The second-order valence-electron chi connectivity index (χ2n) is 6.81. The predicted molar refractivity (Wildman–Crippen MR) is 94.9 cm³/mol. The van der Waals surface area contributed by atoms with Crippen molar-refractivity contribution in [1.29, 1.82) is 0 Å². The van der Waals surface area contributed by atoms with E-state index in [1.807, 2.05) is 25.3 Å². The number of aromatic nitrogens is 5. The summed E-state index contributed by atoms with van der Waals surface area (Å²) in [5, 5.41) is 12.7. The smallest absolute Gasteiger partial charge is 0.266 e. The number of piperidine rings is 1. The maximum absolute atomic E-state index is 12.2. The highest BCUT2D eigenvalue weighted by Gasteiger charge is 2.21. The topological polar surface area (TPSA) is 82.0 Å². The van der Waals surface area contributed by atoms with Crippen molar-refractivity contribution in [3.8, 4) is 5.82 Å². The first kappa shape index (κ1) is 16.7. The number of hydrogen-bond acceptors (Lipinski definition) is 6. The molecule has 0 amide bonds. The summed E-state index contributed by atoms with van der Waals surface area (Å²) in [6.45, 7) is 5.35. The van der Waals surface area contributed by atoms with E-state index in [0.717, 1.165) is 43.9 Å². The standard InChI is InChI=1S/C18H22N6O2/c1-14-11-16(21-26-14)13-22-9-5-15(6-10-22)12-24-18(25)4-3-17(20-24)23-8-2-7-19-23/h2-4,7-8,11,15H,5-6,9-10,12-13H2,1H3. The van der Waals surface area contributed by atoms with Gasteiger partial charge in [0.2, 0.25) is 0 Å². The van der Waals surface area contributed by atoms with E-state index in [1.165, 1.54) is 0 Å². The van der Waals surface area contributed by atoms with Crippen LogP contribution in [0.3, 0.4) is 0 Å². The van der Waals surface area contributed by atoms with Crippen LogP contribution >= 0.6 is 0 Å². The highest BCUT2D eigenvalue weighted by Crippen LogP contribution is 2.20. The molecule has 0 aliphatic carbocycles. The minimum absolute atomic E-state index is 0.0681. The second kappa shape index (κ2) is 7.25. The SMILES string of the molecule is Cc1cc(CN2CCC(Cn3nc(-n4cccn4)ccc3=O)CC2)no1. The molecular formula is C18H22N6O2. The first-order valence-corrected chi connectivity index (χ1v) is 8.90. The highest BCUT2D eigenvalue weighted by atomic mass is 16.5. The lowest BCUT2D eigenvalue weighted by Gasteiger charge is -2.31. The molecule has 136 valence electrons. The monoisotopic (exact) mass is 354 g/mol. The zero-order valence-corrected chi connectivity index (χ0v) is 14.8. The maximum atomic E-state index is 12.2. The molecule has 0 atom stereocenters. The van der Waals surface area contributed by atoms with Gasteiger partial charge in [-0.15, -0.1) is 5.10 Å². The largest absolute Gasteiger partial charge is 0.361 e. The van der Waals surface area contributed by atoms with Crippen molar-refractivity contribution in [2.24, 2.45) is 5.92 Å². The van der Waals surface area contributed by atoms with Gasteiger partial charge in [0.25, 0.3) is 5.56 Å². The molecule has 0 saturated carbocycles. The first-order chi connectivity index (χ1) is 12.7. The van der Waals surface area contributed by atoms with Gasteiger partial charge in [-0.2, -0.15) is 5.10 Å². The lowest BCUT2D eigenvalue weighted by molar-refractivity contribution is 0.160.